The SMILES string of the molecule is Cc1c2c(-c3nc(C4(O)CCCC4)no3)ncn2c2cccc(Cl)c2[n+]1[O-]. The quantitative estimate of drug-likeness (QED) is 0.420. The molecule has 0 unspecified atom stereocenters. The minimum atomic E-state index is -1.05. The van der Waals surface area contributed by atoms with Crippen molar-refractivity contribution in [3.63, 3.8) is 0 Å². The molecule has 27 heavy (non-hydrogen) atoms. The lowest BCUT2D eigenvalue weighted by atomic mass is 10.0. The fraction of sp³-hybridized carbons (Fsp3) is 0.333. The van der Waals surface area contributed by atoms with Crippen LogP contribution in [0.5, 0.6) is 0 Å². The molecule has 0 radical (unpaired) electrons. The molecule has 1 saturated carbocycles. The lowest BCUT2D eigenvalue weighted by Crippen LogP contribution is -2.32. The predicted molar refractivity (Wildman–Crippen MR) is 97.1 cm³/mol. The van der Waals surface area contributed by atoms with Crippen molar-refractivity contribution >= 4 is 28.2 Å². The van der Waals surface area contributed by atoms with Crippen LogP contribution in [-0.4, -0.2) is 24.6 Å². The number of aliphatic hydroxyl groups is 1. The fourth-order valence-electron chi connectivity index (χ4n) is 3.89. The summed E-state index contributed by atoms with van der Waals surface area (Å²) in [7, 11) is 0. The van der Waals surface area contributed by atoms with Crippen molar-refractivity contribution in [3.05, 3.63) is 46.3 Å². The maximum Gasteiger partial charge on any atom is 0.279 e. The van der Waals surface area contributed by atoms with E-state index in [2.05, 4.69) is 15.1 Å². The molecule has 1 aromatic carbocycles. The Bertz CT molecular complexity index is 1190. The highest BCUT2D eigenvalue weighted by molar-refractivity contribution is 6.34. The zero-order valence-electron chi connectivity index (χ0n) is 14.5. The molecule has 0 amide bonds. The average Bonchev–Trinajstić information content (AvgIpc) is 3.38. The number of rotatable bonds is 2. The molecule has 0 bridgehead atoms. The molecule has 138 valence electrons. The number of nitrogens with zero attached hydrogens (tertiary/aromatic N) is 5. The average molecular weight is 386 g/mol. The molecule has 5 rings (SSSR count). The number of hydrogen-bond acceptors (Lipinski definition) is 6. The van der Waals surface area contributed by atoms with Gasteiger partial charge in [-0.1, -0.05) is 22.8 Å². The lowest BCUT2D eigenvalue weighted by molar-refractivity contribution is -0.583. The fourth-order valence-corrected chi connectivity index (χ4v) is 4.14. The second-order valence-corrected chi connectivity index (χ2v) is 7.37. The summed E-state index contributed by atoms with van der Waals surface area (Å²) in [6, 6.07) is 5.25. The van der Waals surface area contributed by atoms with Gasteiger partial charge < -0.3 is 14.8 Å². The van der Waals surface area contributed by atoms with E-state index in [4.69, 9.17) is 16.1 Å². The second-order valence-electron chi connectivity index (χ2n) is 6.96. The van der Waals surface area contributed by atoms with Gasteiger partial charge in [0.25, 0.3) is 11.4 Å². The van der Waals surface area contributed by atoms with E-state index >= 15 is 0 Å². The number of benzene rings is 1. The van der Waals surface area contributed by atoms with Crippen molar-refractivity contribution in [3.8, 4) is 11.6 Å². The van der Waals surface area contributed by atoms with Gasteiger partial charge in [0.1, 0.15) is 28.0 Å². The molecule has 1 aliphatic rings. The molecular formula is C18H16ClN5O3. The molecule has 1 N–H and O–H groups in total. The summed E-state index contributed by atoms with van der Waals surface area (Å²) in [5, 5.41) is 27.8. The minimum absolute atomic E-state index is 0.178. The van der Waals surface area contributed by atoms with Crippen molar-refractivity contribution in [2.75, 3.05) is 0 Å². The van der Waals surface area contributed by atoms with Crippen LogP contribution >= 0.6 is 11.6 Å². The molecule has 0 saturated heterocycles. The topological polar surface area (TPSA) is 103 Å². The van der Waals surface area contributed by atoms with E-state index in [-0.39, 0.29) is 11.7 Å². The Balaban J connectivity index is 1.74. The van der Waals surface area contributed by atoms with E-state index in [9.17, 15) is 10.3 Å². The Morgan fingerprint density at radius 2 is 2.11 bits per heavy atom. The van der Waals surface area contributed by atoms with Crippen molar-refractivity contribution in [1.29, 1.82) is 0 Å². The molecular weight excluding hydrogens is 370 g/mol. The van der Waals surface area contributed by atoms with Crippen LogP contribution in [0.4, 0.5) is 0 Å². The van der Waals surface area contributed by atoms with Gasteiger partial charge in [-0.3, -0.25) is 4.40 Å². The Morgan fingerprint density at radius 1 is 1.33 bits per heavy atom. The molecule has 1 fully saturated rings. The summed E-state index contributed by atoms with van der Waals surface area (Å²) < 4.78 is 7.97. The molecule has 4 aromatic rings. The van der Waals surface area contributed by atoms with Crippen molar-refractivity contribution in [2.24, 2.45) is 0 Å². The number of fused-ring (bicyclic) bond motifs is 3. The smallest absolute Gasteiger partial charge is 0.279 e. The van der Waals surface area contributed by atoms with Crippen LogP contribution in [-0.2, 0) is 5.60 Å². The van der Waals surface area contributed by atoms with Crippen LogP contribution in [0.15, 0.2) is 29.0 Å². The van der Waals surface area contributed by atoms with E-state index in [0.29, 0.717) is 45.8 Å². The monoisotopic (exact) mass is 385 g/mol. The first-order chi connectivity index (χ1) is 13.0. The summed E-state index contributed by atoms with van der Waals surface area (Å²) in [6.45, 7) is 1.69. The van der Waals surface area contributed by atoms with Crippen LogP contribution in [0.3, 0.4) is 0 Å². The van der Waals surface area contributed by atoms with Gasteiger partial charge in [-0.25, -0.2) is 4.98 Å². The van der Waals surface area contributed by atoms with Crippen molar-refractivity contribution in [1.82, 2.24) is 19.5 Å². The maximum atomic E-state index is 12.8. The van der Waals surface area contributed by atoms with Crippen molar-refractivity contribution in [2.45, 2.75) is 38.2 Å². The van der Waals surface area contributed by atoms with Crippen LogP contribution in [0.25, 0.3) is 28.1 Å². The molecule has 3 aromatic heterocycles. The zero-order chi connectivity index (χ0) is 18.8. The third kappa shape index (κ3) is 2.26. The van der Waals surface area contributed by atoms with Crippen LogP contribution < -0.4 is 4.73 Å². The van der Waals surface area contributed by atoms with Gasteiger partial charge in [-0.15, -0.1) is 0 Å². The zero-order valence-corrected chi connectivity index (χ0v) is 15.3. The number of aromatic nitrogens is 5. The van der Waals surface area contributed by atoms with Crippen LogP contribution in [0.2, 0.25) is 5.02 Å². The first kappa shape index (κ1) is 16.5. The first-order valence-electron chi connectivity index (χ1n) is 8.74. The largest absolute Gasteiger partial charge is 0.618 e. The van der Waals surface area contributed by atoms with E-state index in [0.717, 1.165) is 17.6 Å². The molecule has 0 spiro atoms. The first-order valence-corrected chi connectivity index (χ1v) is 9.12. The Morgan fingerprint density at radius 3 is 2.89 bits per heavy atom. The Kier molecular flexibility index (Phi) is 3.44. The highest BCUT2D eigenvalue weighted by Gasteiger charge is 2.38. The van der Waals surface area contributed by atoms with Gasteiger partial charge in [0.15, 0.2) is 5.69 Å². The van der Waals surface area contributed by atoms with E-state index in [1.54, 1.807) is 35.9 Å². The van der Waals surface area contributed by atoms with E-state index in [1.807, 2.05) is 0 Å². The normalized spacial score (nSPS) is 16.6. The van der Waals surface area contributed by atoms with Gasteiger partial charge in [-0.05, 0) is 37.8 Å². The molecule has 3 heterocycles. The van der Waals surface area contributed by atoms with Gasteiger partial charge in [0.05, 0.1) is 0 Å². The summed E-state index contributed by atoms with van der Waals surface area (Å²) in [5.41, 5.74) is 1.34. The standard InChI is InChI=1S/C18H16ClN5O3/c1-10-14-13(16-21-17(22-27-16)18(25)7-2-3-8-18)20-9-23(14)12-6-4-5-11(19)15(12)24(10)26/h4-6,9,25H,2-3,7-8H2,1H3. The third-order valence-corrected chi connectivity index (χ3v) is 5.62. The summed E-state index contributed by atoms with van der Waals surface area (Å²) in [5.74, 6) is 0.449. The van der Waals surface area contributed by atoms with Gasteiger partial charge in [0.2, 0.25) is 11.5 Å². The number of imidazole rings is 1. The lowest BCUT2D eigenvalue weighted by Gasteiger charge is -2.16. The molecule has 0 aliphatic heterocycles. The maximum absolute atomic E-state index is 12.8. The van der Waals surface area contributed by atoms with Gasteiger partial charge >= 0.3 is 0 Å². The number of para-hydroxylation sites is 1. The molecule has 1 aliphatic carbocycles. The Labute approximate surface area is 158 Å². The number of hydrogen-bond donors (Lipinski definition) is 1. The summed E-state index contributed by atoms with van der Waals surface area (Å²) in [4.78, 5) is 8.78. The highest BCUT2D eigenvalue weighted by Crippen LogP contribution is 2.38. The van der Waals surface area contributed by atoms with E-state index < -0.39 is 5.60 Å². The van der Waals surface area contributed by atoms with Gasteiger partial charge in [0, 0.05) is 6.92 Å². The number of aryl methyl sites for hydroxylation is 1. The number of halogens is 1. The second kappa shape index (κ2) is 5.64. The Hall–Kier alpha value is -2.71. The predicted octanol–water partition coefficient (Wildman–Crippen LogP) is 2.89. The molecule has 8 nitrogen and oxygen atoms in total. The van der Waals surface area contributed by atoms with Gasteiger partial charge in [-0.2, -0.15) is 9.71 Å². The summed E-state index contributed by atoms with van der Waals surface area (Å²) >= 11 is 6.23. The minimum Gasteiger partial charge on any atom is -0.618 e. The van der Waals surface area contributed by atoms with Crippen LogP contribution in [0.1, 0.15) is 37.2 Å². The third-order valence-electron chi connectivity index (χ3n) is 5.32. The molecule has 9 heteroatoms. The van der Waals surface area contributed by atoms with Crippen molar-refractivity contribution < 1.29 is 14.4 Å². The van der Waals surface area contributed by atoms with E-state index in [1.165, 1.54) is 0 Å². The van der Waals surface area contributed by atoms with Crippen LogP contribution in [0, 0.1) is 12.1 Å². The summed E-state index contributed by atoms with van der Waals surface area (Å²) in [6.07, 6.45) is 4.67. The molecule has 0 atom stereocenters. The highest BCUT2D eigenvalue weighted by atomic mass is 35.5.